The highest BCUT2D eigenvalue weighted by Crippen LogP contribution is 2.30. The molecule has 1 atom stereocenters. The fraction of sp³-hybridized carbons (Fsp3) is 0.857. The van der Waals surface area contributed by atoms with Crippen LogP contribution in [0.25, 0.3) is 0 Å². The van der Waals surface area contributed by atoms with Crippen LogP contribution in [0.4, 0.5) is 4.79 Å². The maximum Gasteiger partial charge on any atom is 0.315 e. The first-order valence-electron chi connectivity index (χ1n) is 7.39. The van der Waals surface area contributed by atoms with Crippen molar-refractivity contribution >= 4 is 12.0 Å². The lowest BCUT2D eigenvalue weighted by Gasteiger charge is -2.33. The Bertz CT molecular complexity index is 327. The Kier molecular flexibility index (Phi) is 6.78. The summed E-state index contributed by atoms with van der Waals surface area (Å²) in [5, 5.41) is 15.0. The fourth-order valence-electron chi connectivity index (χ4n) is 2.44. The van der Waals surface area contributed by atoms with E-state index in [1.54, 1.807) is 0 Å². The number of carbonyl (C=O) groups is 2. The van der Waals surface area contributed by atoms with Gasteiger partial charge in [-0.3, -0.25) is 4.79 Å². The second-order valence-corrected chi connectivity index (χ2v) is 5.42. The summed E-state index contributed by atoms with van der Waals surface area (Å²) in [6.45, 7) is 5.12. The minimum Gasteiger partial charge on any atom is -0.481 e. The molecule has 0 saturated carbocycles. The number of hydrogen-bond acceptors (Lipinski definition) is 3. The molecule has 3 N–H and O–H groups in total. The van der Waals surface area contributed by atoms with Crippen molar-refractivity contribution in [3.63, 3.8) is 0 Å². The molecule has 0 aromatic carbocycles. The van der Waals surface area contributed by atoms with Crippen molar-refractivity contribution in [2.75, 3.05) is 19.8 Å². The minimum absolute atomic E-state index is 0.149. The molecular formula is C14H26N2O4. The van der Waals surface area contributed by atoms with Gasteiger partial charge >= 0.3 is 12.0 Å². The van der Waals surface area contributed by atoms with Crippen molar-refractivity contribution in [1.29, 1.82) is 0 Å². The largest absolute Gasteiger partial charge is 0.481 e. The number of hydrogen-bond donors (Lipinski definition) is 3. The van der Waals surface area contributed by atoms with Gasteiger partial charge < -0.3 is 20.5 Å². The van der Waals surface area contributed by atoms with E-state index in [0.29, 0.717) is 26.1 Å². The summed E-state index contributed by atoms with van der Waals surface area (Å²) in [4.78, 5) is 23.3. The molecule has 0 aromatic rings. The molecule has 0 bridgehead atoms. The van der Waals surface area contributed by atoms with Crippen molar-refractivity contribution in [3.8, 4) is 0 Å². The van der Waals surface area contributed by atoms with E-state index < -0.39 is 11.4 Å². The highest BCUT2D eigenvalue weighted by atomic mass is 16.5. The molecular weight excluding hydrogens is 260 g/mol. The Balaban J connectivity index is 2.46. The lowest BCUT2D eigenvalue weighted by atomic mass is 9.80. The number of rotatable bonds is 7. The third-order valence-electron chi connectivity index (χ3n) is 3.96. The van der Waals surface area contributed by atoms with Crippen molar-refractivity contribution in [3.05, 3.63) is 0 Å². The Labute approximate surface area is 120 Å². The molecule has 6 heteroatoms. The van der Waals surface area contributed by atoms with Gasteiger partial charge in [-0.2, -0.15) is 0 Å². The summed E-state index contributed by atoms with van der Waals surface area (Å²) < 4.78 is 5.20. The van der Waals surface area contributed by atoms with Crippen LogP contribution in [0.1, 0.15) is 46.0 Å². The third kappa shape index (κ3) is 4.67. The van der Waals surface area contributed by atoms with Gasteiger partial charge in [0.2, 0.25) is 0 Å². The molecule has 116 valence electrons. The highest BCUT2D eigenvalue weighted by Gasteiger charge is 2.40. The van der Waals surface area contributed by atoms with Crippen molar-refractivity contribution in [1.82, 2.24) is 10.6 Å². The molecule has 2 amide bonds. The second-order valence-electron chi connectivity index (χ2n) is 5.42. The summed E-state index contributed by atoms with van der Waals surface area (Å²) in [5.74, 6) is -0.860. The van der Waals surface area contributed by atoms with Gasteiger partial charge in [-0.1, -0.05) is 20.3 Å². The van der Waals surface area contributed by atoms with Crippen LogP contribution >= 0.6 is 0 Å². The summed E-state index contributed by atoms with van der Waals surface area (Å²) in [6, 6.07) is -0.132. The van der Waals surface area contributed by atoms with Gasteiger partial charge in [0.15, 0.2) is 0 Å². The summed E-state index contributed by atoms with van der Waals surface area (Å²) in [7, 11) is 0. The van der Waals surface area contributed by atoms with E-state index in [9.17, 15) is 14.7 Å². The summed E-state index contributed by atoms with van der Waals surface area (Å²) in [5.41, 5.74) is -0.887. The maximum atomic E-state index is 11.8. The molecule has 1 saturated heterocycles. The van der Waals surface area contributed by atoms with Crippen molar-refractivity contribution < 1.29 is 19.4 Å². The van der Waals surface area contributed by atoms with Gasteiger partial charge in [0.1, 0.15) is 0 Å². The quantitative estimate of drug-likeness (QED) is 0.665. The van der Waals surface area contributed by atoms with Crippen LogP contribution in [0.3, 0.4) is 0 Å². The molecule has 1 aliphatic heterocycles. The molecule has 1 heterocycles. The molecule has 20 heavy (non-hydrogen) atoms. The monoisotopic (exact) mass is 286 g/mol. The number of ether oxygens (including phenoxy) is 1. The van der Waals surface area contributed by atoms with E-state index in [0.717, 1.165) is 19.3 Å². The van der Waals surface area contributed by atoms with E-state index in [2.05, 4.69) is 17.6 Å². The molecule has 6 nitrogen and oxygen atoms in total. The first-order valence-corrected chi connectivity index (χ1v) is 7.39. The molecule has 0 aromatic heterocycles. The highest BCUT2D eigenvalue weighted by molar-refractivity contribution is 5.78. The zero-order chi connectivity index (χ0) is 15.0. The van der Waals surface area contributed by atoms with Gasteiger partial charge in [0.25, 0.3) is 0 Å². The van der Waals surface area contributed by atoms with Gasteiger partial charge in [-0.05, 0) is 25.7 Å². The Morgan fingerprint density at radius 1 is 1.30 bits per heavy atom. The zero-order valence-electron chi connectivity index (χ0n) is 12.4. The number of nitrogens with one attached hydrogen (secondary N) is 2. The predicted octanol–water partition coefficient (Wildman–Crippen LogP) is 1.75. The molecule has 1 fully saturated rings. The van der Waals surface area contributed by atoms with Crippen LogP contribution in [0.2, 0.25) is 0 Å². The fourth-order valence-corrected chi connectivity index (χ4v) is 2.44. The predicted molar refractivity (Wildman–Crippen MR) is 75.6 cm³/mol. The first-order chi connectivity index (χ1) is 9.54. The lowest BCUT2D eigenvalue weighted by Crippen LogP contribution is -2.50. The van der Waals surface area contributed by atoms with Crippen molar-refractivity contribution in [2.24, 2.45) is 5.41 Å². The van der Waals surface area contributed by atoms with Crippen molar-refractivity contribution in [2.45, 2.75) is 52.0 Å². The summed E-state index contributed by atoms with van der Waals surface area (Å²) in [6.07, 6.45) is 3.69. The zero-order valence-corrected chi connectivity index (χ0v) is 12.4. The van der Waals surface area contributed by atoms with Crippen LogP contribution in [0.5, 0.6) is 0 Å². The first kappa shape index (κ1) is 16.8. The van der Waals surface area contributed by atoms with E-state index in [4.69, 9.17) is 4.74 Å². The van der Waals surface area contributed by atoms with Gasteiger partial charge in [-0.15, -0.1) is 0 Å². The Hall–Kier alpha value is -1.30. The van der Waals surface area contributed by atoms with Crippen LogP contribution in [0.15, 0.2) is 0 Å². The third-order valence-corrected chi connectivity index (χ3v) is 3.96. The normalized spacial score (nSPS) is 19.1. The molecule has 0 spiro atoms. The maximum absolute atomic E-state index is 11.8. The standard InChI is InChI=1S/C14H26N2O4/c1-3-5-11(4-2)16-13(19)15-10-14(12(17)18)6-8-20-9-7-14/h11H,3-10H2,1-2H3,(H,17,18)(H2,15,16,19). The van der Waals surface area contributed by atoms with E-state index in [1.807, 2.05) is 6.92 Å². The Morgan fingerprint density at radius 2 is 1.95 bits per heavy atom. The minimum atomic E-state index is -0.887. The van der Waals surface area contributed by atoms with E-state index in [1.165, 1.54) is 0 Å². The SMILES string of the molecule is CCCC(CC)NC(=O)NCC1(C(=O)O)CCOCC1. The number of carboxylic acids is 1. The van der Waals surface area contributed by atoms with Crippen LogP contribution in [-0.4, -0.2) is 42.9 Å². The van der Waals surface area contributed by atoms with Crippen LogP contribution in [-0.2, 0) is 9.53 Å². The van der Waals surface area contributed by atoms with Gasteiger partial charge in [-0.25, -0.2) is 4.79 Å². The number of amides is 2. The number of carboxylic acid groups (broad SMARTS) is 1. The average molecular weight is 286 g/mol. The van der Waals surface area contributed by atoms with Crippen LogP contribution < -0.4 is 10.6 Å². The molecule has 1 unspecified atom stereocenters. The number of aliphatic carboxylic acids is 1. The average Bonchev–Trinajstić information content (AvgIpc) is 2.45. The van der Waals surface area contributed by atoms with E-state index >= 15 is 0 Å². The molecule has 0 radical (unpaired) electrons. The van der Waals surface area contributed by atoms with Gasteiger partial charge in [0, 0.05) is 25.8 Å². The number of carbonyl (C=O) groups excluding carboxylic acids is 1. The summed E-state index contributed by atoms with van der Waals surface area (Å²) >= 11 is 0. The number of urea groups is 1. The smallest absolute Gasteiger partial charge is 0.315 e. The second kappa shape index (κ2) is 8.09. The lowest BCUT2D eigenvalue weighted by molar-refractivity contribution is -0.154. The molecule has 1 aliphatic rings. The van der Waals surface area contributed by atoms with Gasteiger partial charge in [0.05, 0.1) is 5.41 Å². The van der Waals surface area contributed by atoms with Crippen LogP contribution in [0, 0.1) is 5.41 Å². The Morgan fingerprint density at radius 3 is 2.45 bits per heavy atom. The topological polar surface area (TPSA) is 87.7 Å². The molecule has 1 rings (SSSR count). The molecule has 0 aliphatic carbocycles. The van der Waals surface area contributed by atoms with E-state index in [-0.39, 0.29) is 18.6 Å².